The van der Waals surface area contributed by atoms with Crippen LogP contribution in [0.15, 0.2) is 84.6 Å². The zero-order valence-corrected chi connectivity index (χ0v) is 17.8. The van der Waals surface area contributed by atoms with Gasteiger partial charge in [0, 0.05) is 25.3 Å². The summed E-state index contributed by atoms with van der Waals surface area (Å²) in [5, 5.41) is 5.55. The normalized spacial score (nSPS) is 10.9. The summed E-state index contributed by atoms with van der Waals surface area (Å²) in [4.78, 5) is 27.8. The molecule has 0 aliphatic heterocycles. The van der Waals surface area contributed by atoms with Gasteiger partial charge in [-0.1, -0.05) is 42.5 Å². The molecule has 3 aromatic rings. The van der Waals surface area contributed by atoms with Gasteiger partial charge in [0.25, 0.3) is 11.8 Å². The Morgan fingerprint density at radius 1 is 0.871 bits per heavy atom. The summed E-state index contributed by atoms with van der Waals surface area (Å²) < 4.78 is 5.30. The van der Waals surface area contributed by atoms with Crippen LogP contribution in [-0.4, -0.2) is 33.0 Å². The lowest BCUT2D eigenvalue weighted by molar-refractivity contribution is -0.113. The molecule has 6 nitrogen and oxygen atoms in total. The molecule has 0 heterocycles. The van der Waals surface area contributed by atoms with Gasteiger partial charge in [0.2, 0.25) is 0 Å². The van der Waals surface area contributed by atoms with Gasteiger partial charge < -0.3 is 20.3 Å². The van der Waals surface area contributed by atoms with Crippen molar-refractivity contribution in [2.45, 2.75) is 0 Å². The smallest absolute Gasteiger partial charge is 0.272 e. The second kappa shape index (κ2) is 10.1. The van der Waals surface area contributed by atoms with Gasteiger partial charge in [0.05, 0.1) is 12.8 Å². The molecular formula is C25H25N3O3. The van der Waals surface area contributed by atoms with Crippen molar-refractivity contribution < 1.29 is 14.3 Å². The molecule has 0 fully saturated rings. The monoisotopic (exact) mass is 415 g/mol. The van der Waals surface area contributed by atoms with Gasteiger partial charge in [-0.15, -0.1) is 0 Å². The first-order chi connectivity index (χ1) is 15.0. The number of rotatable bonds is 7. The molecule has 0 aliphatic carbocycles. The van der Waals surface area contributed by atoms with E-state index in [9.17, 15) is 9.59 Å². The van der Waals surface area contributed by atoms with Gasteiger partial charge >= 0.3 is 0 Å². The van der Waals surface area contributed by atoms with Gasteiger partial charge in [0.15, 0.2) is 0 Å². The highest BCUT2D eigenvalue weighted by molar-refractivity contribution is 6.11. The number of nitrogens with one attached hydrogen (secondary N) is 2. The highest BCUT2D eigenvalue weighted by Crippen LogP contribution is 2.24. The summed E-state index contributed by atoms with van der Waals surface area (Å²) in [6.45, 7) is 0. The van der Waals surface area contributed by atoms with Crippen LogP contribution in [0.5, 0.6) is 5.75 Å². The quantitative estimate of drug-likeness (QED) is 0.568. The van der Waals surface area contributed by atoms with E-state index in [-0.39, 0.29) is 11.6 Å². The minimum absolute atomic E-state index is 0.123. The second-order valence-electron chi connectivity index (χ2n) is 7.02. The maximum Gasteiger partial charge on any atom is 0.272 e. The average Bonchev–Trinajstić information content (AvgIpc) is 2.79. The molecule has 0 aromatic heterocycles. The van der Waals surface area contributed by atoms with Crippen molar-refractivity contribution in [2.75, 3.05) is 31.4 Å². The molecule has 0 atom stereocenters. The molecule has 6 heteroatoms. The van der Waals surface area contributed by atoms with Crippen molar-refractivity contribution >= 4 is 29.3 Å². The number of benzene rings is 3. The van der Waals surface area contributed by atoms with E-state index >= 15 is 0 Å². The van der Waals surface area contributed by atoms with Gasteiger partial charge in [-0.25, -0.2) is 0 Å². The standard InChI is InChI=1S/C25H25N3O3/c1-28(2)20-15-13-18(14-16-20)17-22(27-24(29)19-9-5-4-6-10-19)25(30)26-21-11-7-8-12-23(21)31-3/h4-17H,1-3H3,(H,26,30)(H,27,29)/b22-17-. The van der Waals surface area contributed by atoms with E-state index in [2.05, 4.69) is 10.6 Å². The van der Waals surface area contributed by atoms with Gasteiger partial charge in [-0.3, -0.25) is 9.59 Å². The van der Waals surface area contributed by atoms with Crippen LogP contribution in [-0.2, 0) is 4.79 Å². The molecule has 0 radical (unpaired) electrons. The summed E-state index contributed by atoms with van der Waals surface area (Å²) in [5.74, 6) is -0.294. The van der Waals surface area contributed by atoms with Crippen molar-refractivity contribution in [2.24, 2.45) is 0 Å². The van der Waals surface area contributed by atoms with Crippen LogP contribution < -0.4 is 20.3 Å². The van der Waals surface area contributed by atoms with Crippen LogP contribution in [0.25, 0.3) is 6.08 Å². The van der Waals surface area contributed by atoms with E-state index in [1.807, 2.05) is 55.4 Å². The number of carbonyl (C=O) groups excluding carboxylic acids is 2. The highest BCUT2D eigenvalue weighted by atomic mass is 16.5. The van der Waals surface area contributed by atoms with E-state index in [1.54, 1.807) is 48.5 Å². The number of ether oxygens (including phenoxy) is 1. The fourth-order valence-electron chi connectivity index (χ4n) is 2.92. The highest BCUT2D eigenvalue weighted by Gasteiger charge is 2.16. The molecule has 0 unspecified atom stereocenters. The maximum absolute atomic E-state index is 13.1. The van der Waals surface area contributed by atoms with E-state index in [0.29, 0.717) is 17.0 Å². The SMILES string of the molecule is COc1ccccc1NC(=O)/C(=C/c1ccc(N(C)C)cc1)NC(=O)c1ccccc1. The molecule has 2 N–H and O–H groups in total. The van der Waals surface area contributed by atoms with E-state index in [0.717, 1.165) is 11.3 Å². The van der Waals surface area contributed by atoms with Crippen LogP contribution in [0, 0.1) is 0 Å². The molecular weight excluding hydrogens is 390 g/mol. The molecule has 0 bridgehead atoms. The Kier molecular flexibility index (Phi) is 7.06. The molecule has 0 aliphatic rings. The summed E-state index contributed by atoms with van der Waals surface area (Å²) in [7, 11) is 5.44. The number of hydrogen-bond donors (Lipinski definition) is 2. The lowest BCUT2D eigenvalue weighted by Gasteiger charge is -2.14. The fraction of sp³-hybridized carbons (Fsp3) is 0.120. The minimum Gasteiger partial charge on any atom is -0.495 e. The number of methoxy groups -OCH3 is 1. The van der Waals surface area contributed by atoms with Gasteiger partial charge in [-0.05, 0) is 48.0 Å². The fourth-order valence-corrected chi connectivity index (χ4v) is 2.92. The molecule has 0 saturated carbocycles. The van der Waals surface area contributed by atoms with Gasteiger partial charge in [-0.2, -0.15) is 0 Å². The lowest BCUT2D eigenvalue weighted by Crippen LogP contribution is -2.30. The van der Waals surface area contributed by atoms with E-state index < -0.39 is 5.91 Å². The molecule has 31 heavy (non-hydrogen) atoms. The van der Waals surface area contributed by atoms with Crippen molar-refractivity contribution in [1.82, 2.24) is 5.32 Å². The Labute approximate surface area is 182 Å². The van der Waals surface area contributed by atoms with Crippen LogP contribution in [0.1, 0.15) is 15.9 Å². The molecule has 158 valence electrons. The summed E-state index contributed by atoms with van der Waals surface area (Å²) in [5.41, 5.74) is 2.91. The minimum atomic E-state index is -0.453. The summed E-state index contributed by atoms with van der Waals surface area (Å²) in [6.07, 6.45) is 1.64. The number of para-hydroxylation sites is 2. The first-order valence-corrected chi connectivity index (χ1v) is 9.78. The first kappa shape index (κ1) is 21.6. The summed E-state index contributed by atoms with van der Waals surface area (Å²) in [6, 6.07) is 23.5. The molecule has 0 saturated heterocycles. The van der Waals surface area contributed by atoms with E-state index in [1.165, 1.54) is 7.11 Å². The second-order valence-corrected chi connectivity index (χ2v) is 7.02. The zero-order valence-electron chi connectivity index (χ0n) is 17.8. The predicted octanol–water partition coefficient (Wildman–Crippen LogP) is 4.17. The Bertz CT molecular complexity index is 1070. The third-order valence-corrected chi connectivity index (χ3v) is 4.60. The Hall–Kier alpha value is -4.06. The van der Waals surface area contributed by atoms with Crippen LogP contribution in [0.3, 0.4) is 0 Å². The van der Waals surface area contributed by atoms with Crippen molar-refractivity contribution in [1.29, 1.82) is 0 Å². The lowest BCUT2D eigenvalue weighted by atomic mass is 10.1. The Balaban J connectivity index is 1.91. The number of nitrogens with zero attached hydrogens (tertiary/aromatic N) is 1. The first-order valence-electron chi connectivity index (χ1n) is 9.78. The number of anilines is 2. The van der Waals surface area contributed by atoms with Crippen LogP contribution in [0.4, 0.5) is 11.4 Å². The van der Waals surface area contributed by atoms with Crippen LogP contribution >= 0.6 is 0 Å². The predicted molar refractivity (Wildman–Crippen MR) is 124 cm³/mol. The topological polar surface area (TPSA) is 70.7 Å². The van der Waals surface area contributed by atoms with Crippen molar-refractivity contribution in [3.63, 3.8) is 0 Å². The Morgan fingerprint density at radius 3 is 2.16 bits per heavy atom. The maximum atomic E-state index is 13.1. The average molecular weight is 415 g/mol. The molecule has 3 aromatic carbocycles. The molecule has 2 amide bonds. The third kappa shape index (κ3) is 5.73. The molecule has 3 rings (SSSR count). The molecule has 0 spiro atoms. The van der Waals surface area contributed by atoms with Crippen molar-refractivity contribution in [3.05, 3.63) is 95.7 Å². The van der Waals surface area contributed by atoms with Crippen LogP contribution in [0.2, 0.25) is 0 Å². The number of carbonyl (C=O) groups is 2. The van der Waals surface area contributed by atoms with E-state index in [4.69, 9.17) is 4.74 Å². The summed E-state index contributed by atoms with van der Waals surface area (Å²) >= 11 is 0. The number of hydrogen-bond acceptors (Lipinski definition) is 4. The zero-order chi connectivity index (χ0) is 22.2. The largest absolute Gasteiger partial charge is 0.495 e. The third-order valence-electron chi connectivity index (χ3n) is 4.60. The van der Waals surface area contributed by atoms with Crippen molar-refractivity contribution in [3.8, 4) is 5.75 Å². The number of amides is 2. The van der Waals surface area contributed by atoms with Gasteiger partial charge in [0.1, 0.15) is 11.4 Å². The Morgan fingerprint density at radius 2 is 1.52 bits per heavy atom.